The van der Waals surface area contributed by atoms with Crippen molar-refractivity contribution in [2.24, 2.45) is 0 Å². The van der Waals surface area contributed by atoms with Crippen molar-refractivity contribution >= 4 is 17.7 Å². The average Bonchev–Trinajstić information content (AvgIpc) is 3.10. The van der Waals surface area contributed by atoms with Crippen LogP contribution in [0.4, 0.5) is 0 Å². The number of nitrogens with zero attached hydrogens (tertiary/aromatic N) is 2. The third-order valence-corrected chi connectivity index (χ3v) is 6.19. The van der Waals surface area contributed by atoms with Crippen LogP contribution in [0, 0.1) is 0 Å². The van der Waals surface area contributed by atoms with Gasteiger partial charge in [-0.2, -0.15) is 0 Å². The Morgan fingerprint density at radius 3 is 2.62 bits per heavy atom. The van der Waals surface area contributed by atoms with Gasteiger partial charge in [-0.05, 0) is 31.0 Å². The lowest BCUT2D eigenvalue weighted by Gasteiger charge is -2.29. The van der Waals surface area contributed by atoms with Gasteiger partial charge in [0.25, 0.3) is 5.91 Å². The quantitative estimate of drug-likeness (QED) is 0.586. The Balaban J connectivity index is 1.26. The number of carbonyl (C=O) groups excluding carboxylic acids is 3. The summed E-state index contributed by atoms with van der Waals surface area (Å²) in [7, 11) is 0. The van der Waals surface area contributed by atoms with E-state index in [4.69, 9.17) is 4.74 Å². The predicted octanol–water partition coefficient (Wildman–Crippen LogP) is 2.77. The van der Waals surface area contributed by atoms with Crippen LogP contribution >= 0.6 is 0 Å². The second-order valence-corrected chi connectivity index (χ2v) is 8.23. The fourth-order valence-electron chi connectivity index (χ4n) is 4.35. The van der Waals surface area contributed by atoms with Gasteiger partial charge in [0.15, 0.2) is 0 Å². The van der Waals surface area contributed by atoms with Crippen LogP contribution in [0.25, 0.3) is 0 Å². The summed E-state index contributed by atoms with van der Waals surface area (Å²) in [6, 6.07) is 15.2. The van der Waals surface area contributed by atoms with Gasteiger partial charge in [-0.1, -0.05) is 36.4 Å². The molecule has 2 N–H and O–H groups in total. The van der Waals surface area contributed by atoms with Gasteiger partial charge < -0.3 is 9.64 Å². The van der Waals surface area contributed by atoms with E-state index in [9.17, 15) is 14.4 Å². The van der Waals surface area contributed by atoms with Gasteiger partial charge in [0, 0.05) is 23.7 Å². The summed E-state index contributed by atoms with van der Waals surface area (Å²) in [5.74, 6) is -0.288. The van der Waals surface area contributed by atoms with Crippen molar-refractivity contribution in [1.29, 1.82) is 0 Å². The molecular weight excluding hydrogens is 408 g/mol. The Kier molecular flexibility index (Phi) is 5.05. The maximum atomic E-state index is 12.9. The smallest absolute Gasteiger partial charge is 0.255 e. The molecule has 0 saturated carbocycles. The maximum Gasteiger partial charge on any atom is 0.255 e. The highest BCUT2D eigenvalue weighted by Gasteiger charge is 2.40. The van der Waals surface area contributed by atoms with Gasteiger partial charge in [-0.25, -0.2) is 0 Å². The number of hydrogen-bond acceptors (Lipinski definition) is 4. The molecule has 3 aromatic rings. The third-order valence-electron chi connectivity index (χ3n) is 6.19. The second kappa shape index (κ2) is 8.03. The van der Waals surface area contributed by atoms with E-state index in [1.165, 1.54) is 10.5 Å². The molecule has 2 aliphatic heterocycles. The molecule has 8 heteroatoms. The number of fused-ring (bicyclic) bond motifs is 1. The molecule has 2 aromatic carbocycles. The zero-order valence-corrected chi connectivity index (χ0v) is 17.7. The van der Waals surface area contributed by atoms with E-state index in [0.29, 0.717) is 30.9 Å². The van der Waals surface area contributed by atoms with Crippen molar-refractivity contribution in [2.75, 3.05) is 0 Å². The molecule has 3 heterocycles. The highest BCUT2D eigenvalue weighted by Crippen LogP contribution is 2.34. The van der Waals surface area contributed by atoms with E-state index < -0.39 is 11.9 Å². The van der Waals surface area contributed by atoms with E-state index in [1.54, 1.807) is 12.1 Å². The summed E-state index contributed by atoms with van der Waals surface area (Å²) in [4.78, 5) is 38.1. The second-order valence-electron chi connectivity index (χ2n) is 8.23. The fraction of sp³-hybridized carbons (Fsp3) is 0.292. The van der Waals surface area contributed by atoms with Crippen LogP contribution in [0.1, 0.15) is 53.0 Å². The molecule has 1 fully saturated rings. The Morgan fingerprint density at radius 1 is 1.09 bits per heavy atom. The van der Waals surface area contributed by atoms with Crippen LogP contribution in [-0.2, 0) is 22.7 Å². The van der Waals surface area contributed by atoms with E-state index in [0.717, 1.165) is 11.3 Å². The first-order valence-corrected chi connectivity index (χ1v) is 10.7. The average molecular weight is 432 g/mol. The number of hydrogen-bond donors (Lipinski definition) is 2. The van der Waals surface area contributed by atoms with Crippen molar-refractivity contribution in [3.63, 3.8) is 0 Å². The highest BCUT2D eigenvalue weighted by molar-refractivity contribution is 6.05. The lowest BCUT2D eigenvalue weighted by molar-refractivity contribution is -0.136. The zero-order valence-electron chi connectivity index (χ0n) is 17.7. The van der Waals surface area contributed by atoms with E-state index in [1.807, 2.05) is 35.1 Å². The molecule has 3 amide bonds. The number of imide groups is 1. The predicted molar refractivity (Wildman–Crippen MR) is 116 cm³/mol. The van der Waals surface area contributed by atoms with Crippen molar-refractivity contribution < 1.29 is 19.1 Å². The lowest BCUT2D eigenvalue weighted by atomic mass is 10.0. The van der Waals surface area contributed by atoms with Crippen molar-refractivity contribution in [3.05, 3.63) is 77.1 Å². The van der Waals surface area contributed by atoms with Crippen molar-refractivity contribution in [3.8, 4) is 5.75 Å². The molecule has 1 saturated heterocycles. The molecule has 0 radical (unpaired) electrons. The SMILES string of the molecule is C[C@H](c1ccccc1)n1cc(COc2cccc3c2CN(C2CCC(=O)NC2=O)C3=O)[nH]1. The van der Waals surface area contributed by atoms with Crippen LogP contribution < -0.4 is 10.1 Å². The van der Waals surface area contributed by atoms with Gasteiger partial charge in [-0.15, -0.1) is 0 Å². The van der Waals surface area contributed by atoms with Crippen molar-refractivity contribution in [1.82, 2.24) is 20.0 Å². The minimum Gasteiger partial charge on any atom is -0.487 e. The summed E-state index contributed by atoms with van der Waals surface area (Å²) in [5, 5.41) is 5.63. The minimum absolute atomic E-state index is 0.195. The normalized spacial score (nSPS) is 19.1. The first kappa shape index (κ1) is 20.1. The van der Waals surface area contributed by atoms with Gasteiger partial charge in [0.2, 0.25) is 11.8 Å². The molecular formula is C24H24N4O4. The molecule has 0 bridgehead atoms. The Labute approximate surface area is 185 Å². The minimum atomic E-state index is -0.635. The zero-order chi connectivity index (χ0) is 22.2. The van der Waals surface area contributed by atoms with Gasteiger partial charge in [-0.3, -0.25) is 29.5 Å². The molecule has 2 atom stereocenters. The number of benzene rings is 2. The summed E-state index contributed by atoms with van der Waals surface area (Å²) < 4.78 is 8.05. The summed E-state index contributed by atoms with van der Waals surface area (Å²) in [6.07, 6.45) is 2.59. The molecule has 32 heavy (non-hydrogen) atoms. The number of carbonyl (C=O) groups is 3. The number of rotatable bonds is 6. The molecule has 1 unspecified atom stereocenters. The standard InChI is InChI=1S/C24H24N4O4/c1-15(16-6-3-2-4-7-16)28-12-17(26-28)14-32-21-9-5-8-18-19(21)13-27(24(18)31)20-10-11-22(29)25-23(20)30/h2-9,12,15,20,26H,10-11,13-14H2,1H3,(H,25,29,30)/t15-,20?/m1/s1. The van der Waals surface area contributed by atoms with Crippen LogP contribution in [-0.4, -0.2) is 38.4 Å². The molecule has 0 aliphatic carbocycles. The fourth-order valence-corrected chi connectivity index (χ4v) is 4.35. The topological polar surface area (TPSA) is 96.4 Å². The largest absolute Gasteiger partial charge is 0.487 e. The molecule has 8 nitrogen and oxygen atoms in total. The van der Waals surface area contributed by atoms with Crippen LogP contribution in [0.5, 0.6) is 5.75 Å². The lowest BCUT2D eigenvalue weighted by Crippen LogP contribution is -2.52. The Morgan fingerprint density at radius 2 is 1.88 bits per heavy atom. The van der Waals surface area contributed by atoms with Crippen LogP contribution in [0.2, 0.25) is 0 Å². The number of amides is 3. The van der Waals surface area contributed by atoms with E-state index in [-0.39, 0.29) is 24.3 Å². The summed E-state index contributed by atoms with van der Waals surface area (Å²) >= 11 is 0. The van der Waals surface area contributed by atoms with Crippen LogP contribution in [0.15, 0.2) is 54.7 Å². The molecule has 0 spiro atoms. The monoisotopic (exact) mass is 432 g/mol. The summed E-state index contributed by atoms with van der Waals surface area (Å²) in [5.41, 5.74) is 3.47. The van der Waals surface area contributed by atoms with Crippen molar-refractivity contribution in [2.45, 2.75) is 45.0 Å². The number of aromatic amines is 1. The first-order valence-electron chi connectivity index (χ1n) is 10.7. The number of nitrogens with one attached hydrogen (secondary N) is 2. The van der Waals surface area contributed by atoms with E-state index >= 15 is 0 Å². The first-order chi connectivity index (χ1) is 15.5. The Bertz CT molecular complexity index is 1170. The Hall–Kier alpha value is -3.81. The molecule has 164 valence electrons. The van der Waals surface area contributed by atoms with Gasteiger partial charge in [0.05, 0.1) is 18.3 Å². The van der Waals surface area contributed by atoms with Gasteiger partial charge in [0.1, 0.15) is 18.4 Å². The number of H-pyrrole nitrogens is 1. The summed E-state index contributed by atoms with van der Waals surface area (Å²) in [6.45, 7) is 2.76. The van der Waals surface area contributed by atoms with E-state index in [2.05, 4.69) is 29.5 Å². The number of piperidine rings is 1. The van der Waals surface area contributed by atoms with Crippen LogP contribution in [0.3, 0.4) is 0 Å². The third kappa shape index (κ3) is 3.57. The highest BCUT2D eigenvalue weighted by atomic mass is 16.5. The molecule has 5 rings (SSSR count). The van der Waals surface area contributed by atoms with Gasteiger partial charge >= 0.3 is 0 Å². The number of aromatic nitrogens is 2. The number of ether oxygens (including phenoxy) is 1. The maximum absolute atomic E-state index is 12.9. The molecule has 1 aromatic heterocycles. The molecule has 2 aliphatic rings.